The lowest BCUT2D eigenvalue weighted by Gasteiger charge is -2.42. The molecule has 2 rings (SSSR count). The van der Waals surface area contributed by atoms with Gasteiger partial charge >= 0.3 is 0 Å². The van der Waals surface area contributed by atoms with Crippen LogP contribution in [0.5, 0.6) is 0 Å². The number of carbonyl (C=O) groups excluding carboxylic acids is 1. The highest BCUT2D eigenvalue weighted by Gasteiger charge is 2.35. The van der Waals surface area contributed by atoms with Crippen molar-refractivity contribution < 1.29 is 13.9 Å². The van der Waals surface area contributed by atoms with Crippen LogP contribution in [0.2, 0.25) is 0 Å². The predicted molar refractivity (Wildman–Crippen MR) is 69.6 cm³/mol. The molecule has 0 radical (unpaired) electrons. The Morgan fingerprint density at radius 2 is 2.22 bits per heavy atom. The molecule has 5 heteroatoms. The Balaban J connectivity index is 2.33. The minimum Gasteiger partial charge on any atom is -0.377 e. The average molecular weight is 269 g/mol. The first-order valence-corrected chi connectivity index (χ1v) is 6.25. The van der Waals surface area contributed by atoms with Crippen LogP contribution in [0, 0.1) is 5.82 Å². The molecule has 1 aromatic carbocycles. The molecule has 0 atom stereocenters. The summed E-state index contributed by atoms with van der Waals surface area (Å²) in [6.45, 7) is 5.24. The van der Waals surface area contributed by atoms with Crippen molar-refractivity contribution in [3.05, 3.63) is 29.6 Å². The van der Waals surface area contributed by atoms with Gasteiger partial charge in [-0.2, -0.15) is 0 Å². The van der Waals surface area contributed by atoms with Gasteiger partial charge in [0.25, 0.3) is 5.91 Å². The van der Waals surface area contributed by atoms with E-state index in [9.17, 15) is 9.18 Å². The molecule has 0 aromatic heterocycles. The normalized spacial score (nSPS) is 18.8. The van der Waals surface area contributed by atoms with E-state index in [1.807, 2.05) is 13.8 Å². The zero-order valence-electron chi connectivity index (χ0n) is 10.4. The Labute approximate surface area is 111 Å². The fourth-order valence-corrected chi connectivity index (χ4v) is 2.26. The molecule has 3 nitrogen and oxygen atoms in total. The Morgan fingerprint density at radius 1 is 1.50 bits per heavy atom. The van der Waals surface area contributed by atoms with Crippen molar-refractivity contribution in [2.24, 2.45) is 0 Å². The van der Waals surface area contributed by atoms with E-state index >= 15 is 0 Å². The van der Waals surface area contributed by atoms with Gasteiger partial charge in [0.1, 0.15) is 5.82 Å². The molecular weight excluding hydrogens is 253 g/mol. The molecule has 1 heterocycles. The molecule has 1 saturated heterocycles. The monoisotopic (exact) mass is 269 g/mol. The number of morpholine rings is 1. The lowest BCUT2D eigenvalue weighted by atomic mass is 10.0. The number of ether oxygens (including phenoxy) is 1. The third-order valence-corrected chi connectivity index (χ3v) is 3.35. The molecule has 18 heavy (non-hydrogen) atoms. The lowest BCUT2D eigenvalue weighted by Crippen LogP contribution is -2.55. The second-order valence-corrected chi connectivity index (χ2v) is 5.50. The van der Waals surface area contributed by atoms with Crippen LogP contribution >= 0.6 is 12.6 Å². The summed E-state index contributed by atoms with van der Waals surface area (Å²) in [5.41, 5.74) is -0.355. The number of benzene rings is 1. The molecule has 98 valence electrons. The van der Waals surface area contributed by atoms with Crippen molar-refractivity contribution in [1.82, 2.24) is 4.90 Å². The van der Waals surface area contributed by atoms with Gasteiger partial charge in [0.2, 0.25) is 0 Å². The third-order valence-electron chi connectivity index (χ3n) is 3.07. The zero-order chi connectivity index (χ0) is 13.3. The van der Waals surface area contributed by atoms with Crippen LogP contribution in [0.15, 0.2) is 23.1 Å². The molecular formula is C13H16FNO2S. The summed E-state index contributed by atoms with van der Waals surface area (Å²) in [5.74, 6) is -0.822. The van der Waals surface area contributed by atoms with E-state index in [1.54, 1.807) is 4.90 Å². The summed E-state index contributed by atoms with van der Waals surface area (Å²) >= 11 is 4.14. The molecule has 1 amide bonds. The van der Waals surface area contributed by atoms with Gasteiger partial charge in [0.05, 0.1) is 24.3 Å². The highest BCUT2D eigenvalue weighted by molar-refractivity contribution is 7.80. The Hall–Kier alpha value is -1.07. The standard InChI is InChI=1S/C13H16FNO2S/c1-13(2)8-17-6-5-15(13)12(16)10-7-9(18)3-4-11(10)14/h3-4,7,18H,5-6,8H2,1-2H3. The first-order valence-electron chi connectivity index (χ1n) is 5.80. The van der Waals surface area contributed by atoms with E-state index in [0.29, 0.717) is 24.7 Å². The largest absolute Gasteiger partial charge is 0.377 e. The van der Waals surface area contributed by atoms with Crippen LogP contribution in [-0.2, 0) is 4.74 Å². The number of carbonyl (C=O) groups is 1. The summed E-state index contributed by atoms with van der Waals surface area (Å²) in [4.78, 5) is 14.6. The summed E-state index contributed by atoms with van der Waals surface area (Å²) in [7, 11) is 0. The van der Waals surface area contributed by atoms with Crippen LogP contribution in [0.1, 0.15) is 24.2 Å². The number of hydrogen-bond donors (Lipinski definition) is 1. The minimum atomic E-state index is -0.514. The molecule has 0 spiro atoms. The van der Waals surface area contributed by atoms with Crippen molar-refractivity contribution in [2.75, 3.05) is 19.8 Å². The molecule has 1 aromatic rings. The van der Waals surface area contributed by atoms with Gasteiger partial charge in [-0.05, 0) is 32.0 Å². The number of amides is 1. The van der Waals surface area contributed by atoms with Crippen LogP contribution < -0.4 is 0 Å². The molecule has 1 aliphatic heterocycles. The van der Waals surface area contributed by atoms with Crippen molar-refractivity contribution in [2.45, 2.75) is 24.3 Å². The summed E-state index contributed by atoms with van der Waals surface area (Å²) in [6, 6.07) is 4.26. The van der Waals surface area contributed by atoms with E-state index in [1.165, 1.54) is 18.2 Å². The molecule has 0 unspecified atom stereocenters. The van der Waals surface area contributed by atoms with Crippen molar-refractivity contribution in [3.8, 4) is 0 Å². The third kappa shape index (κ3) is 2.52. The number of hydrogen-bond acceptors (Lipinski definition) is 3. The van der Waals surface area contributed by atoms with E-state index in [4.69, 9.17) is 4.74 Å². The van der Waals surface area contributed by atoms with Crippen LogP contribution in [0.3, 0.4) is 0 Å². The van der Waals surface area contributed by atoms with Gasteiger partial charge in [-0.1, -0.05) is 0 Å². The molecule has 0 saturated carbocycles. The zero-order valence-corrected chi connectivity index (χ0v) is 11.3. The lowest BCUT2D eigenvalue weighted by molar-refractivity contribution is -0.0372. The highest BCUT2D eigenvalue weighted by atomic mass is 32.1. The summed E-state index contributed by atoms with van der Waals surface area (Å²) in [5, 5.41) is 0. The van der Waals surface area contributed by atoms with E-state index in [-0.39, 0.29) is 11.5 Å². The fourth-order valence-electron chi connectivity index (χ4n) is 2.06. The molecule has 1 fully saturated rings. The predicted octanol–water partition coefficient (Wildman–Crippen LogP) is 2.37. The van der Waals surface area contributed by atoms with Gasteiger partial charge in [0, 0.05) is 11.4 Å². The topological polar surface area (TPSA) is 29.5 Å². The van der Waals surface area contributed by atoms with Crippen molar-refractivity contribution in [3.63, 3.8) is 0 Å². The first kappa shape index (κ1) is 13.4. The summed E-state index contributed by atoms with van der Waals surface area (Å²) in [6.07, 6.45) is 0. The Bertz CT molecular complexity index is 476. The average Bonchev–Trinajstić information content (AvgIpc) is 2.31. The van der Waals surface area contributed by atoms with Crippen molar-refractivity contribution in [1.29, 1.82) is 0 Å². The van der Waals surface area contributed by atoms with Gasteiger partial charge in [-0.15, -0.1) is 12.6 Å². The molecule has 1 aliphatic rings. The number of rotatable bonds is 1. The molecule has 0 aliphatic carbocycles. The minimum absolute atomic E-state index is 0.0671. The second-order valence-electron chi connectivity index (χ2n) is 4.99. The van der Waals surface area contributed by atoms with Gasteiger partial charge in [0.15, 0.2) is 0 Å². The van der Waals surface area contributed by atoms with Gasteiger partial charge < -0.3 is 9.64 Å². The second kappa shape index (κ2) is 4.90. The SMILES string of the molecule is CC1(C)COCCN1C(=O)c1cc(S)ccc1F. The van der Waals surface area contributed by atoms with E-state index in [0.717, 1.165) is 0 Å². The Morgan fingerprint density at radius 3 is 2.89 bits per heavy atom. The van der Waals surface area contributed by atoms with Crippen LogP contribution in [0.25, 0.3) is 0 Å². The number of thiol groups is 1. The molecule has 0 bridgehead atoms. The van der Waals surface area contributed by atoms with Gasteiger partial charge in [-0.25, -0.2) is 4.39 Å². The fraction of sp³-hybridized carbons (Fsp3) is 0.462. The van der Waals surface area contributed by atoms with Crippen LogP contribution in [0.4, 0.5) is 4.39 Å². The van der Waals surface area contributed by atoms with E-state index in [2.05, 4.69) is 12.6 Å². The van der Waals surface area contributed by atoms with Crippen molar-refractivity contribution >= 4 is 18.5 Å². The molecule has 0 N–H and O–H groups in total. The highest BCUT2D eigenvalue weighted by Crippen LogP contribution is 2.23. The van der Waals surface area contributed by atoms with Gasteiger partial charge in [-0.3, -0.25) is 4.79 Å². The van der Waals surface area contributed by atoms with E-state index < -0.39 is 11.4 Å². The smallest absolute Gasteiger partial charge is 0.257 e. The summed E-state index contributed by atoms with van der Waals surface area (Å²) < 4.78 is 19.1. The first-order chi connectivity index (χ1) is 8.42. The maximum Gasteiger partial charge on any atom is 0.257 e. The number of halogens is 1. The maximum absolute atomic E-state index is 13.7. The quantitative estimate of drug-likeness (QED) is 0.793. The Kier molecular flexibility index (Phi) is 3.64. The number of nitrogens with zero attached hydrogens (tertiary/aromatic N) is 1. The van der Waals surface area contributed by atoms with Crippen LogP contribution in [-0.4, -0.2) is 36.1 Å². The maximum atomic E-state index is 13.7.